The van der Waals surface area contributed by atoms with Crippen molar-refractivity contribution in [1.29, 1.82) is 5.26 Å². The van der Waals surface area contributed by atoms with Crippen LogP contribution in [0, 0.1) is 17.2 Å². The molecule has 2 heterocycles. The van der Waals surface area contributed by atoms with Gasteiger partial charge in [-0.3, -0.25) is 9.20 Å². The zero-order valence-electron chi connectivity index (χ0n) is 13.2. The highest BCUT2D eigenvalue weighted by Gasteiger charge is 2.32. The molecule has 116 valence electrons. The lowest BCUT2D eigenvalue weighted by Crippen LogP contribution is -2.51. The summed E-state index contributed by atoms with van der Waals surface area (Å²) in [6.45, 7) is 7.41. The van der Waals surface area contributed by atoms with Crippen molar-refractivity contribution in [2.75, 3.05) is 0 Å². The quantitative estimate of drug-likeness (QED) is 0.861. The number of nitrogens with one attached hydrogen (secondary N) is 1. The van der Waals surface area contributed by atoms with E-state index in [0.29, 0.717) is 0 Å². The Labute approximate surface area is 134 Å². The van der Waals surface area contributed by atoms with E-state index in [9.17, 15) is 10.1 Å². The van der Waals surface area contributed by atoms with Gasteiger partial charge in [-0.25, -0.2) is 4.98 Å². The van der Waals surface area contributed by atoms with E-state index < -0.39 is 5.54 Å². The Kier molecular flexibility index (Phi) is 4.77. The van der Waals surface area contributed by atoms with E-state index in [-0.39, 0.29) is 17.1 Å². The van der Waals surface area contributed by atoms with Crippen LogP contribution in [-0.4, -0.2) is 26.1 Å². The van der Waals surface area contributed by atoms with Gasteiger partial charge in [-0.2, -0.15) is 5.26 Å². The van der Waals surface area contributed by atoms with Crippen molar-refractivity contribution in [3.63, 3.8) is 0 Å². The number of carbonyl (C=O) groups is 1. The van der Waals surface area contributed by atoms with E-state index in [1.165, 1.54) is 11.8 Å². The van der Waals surface area contributed by atoms with Crippen LogP contribution in [-0.2, 0) is 4.79 Å². The number of rotatable bonds is 5. The normalized spacial score (nSPS) is 15.3. The molecule has 0 spiro atoms. The Morgan fingerprint density at radius 3 is 2.82 bits per heavy atom. The number of aromatic nitrogens is 2. The summed E-state index contributed by atoms with van der Waals surface area (Å²) in [5, 5.41) is 12.6. The number of hydrogen-bond acceptors (Lipinski definition) is 4. The maximum Gasteiger partial charge on any atom is 0.234 e. The highest BCUT2D eigenvalue weighted by molar-refractivity contribution is 8.00. The molecule has 0 aliphatic heterocycles. The molecule has 0 saturated carbocycles. The molecule has 5 nitrogen and oxygen atoms in total. The molecule has 2 aromatic rings. The van der Waals surface area contributed by atoms with E-state index >= 15 is 0 Å². The molecular formula is C16H20N4OS. The summed E-state index contributed by atoms with van der Waals surface area (Å²) in [7, 11) is 0. The predicted molar refractivity (Wildman–Crippen MR) is 87.5 cm³/mol. The van der Waals surface area contributed by atoms with Crippen LogP contribution in [0.25, 0.3) is 5.52 Å². The minimum Gasteiger partial charge on any atom is -0.337 e. The predicted octanol–water partition coefficient (Wildman–Crippen LogP) is 2.87. The summed E-state index contributed by atoms with van der Waals surface area (Å²) in [4.78, 5) is 16.7. The number of amides is 1. The number of pyridine rings is 1. The third-order valence-corrected chi connectivity index (χ3v) is 4.91. The van der Waals surface area contributed by atoms with Gasteiger partial charge in [0.15, 0.2) is 5.16 Å². The lowest BCUT2D eigenvalue weighted by molar-refractivity contribution is -0.121. The van der Waals surface area contributed by atoms with Gasteiger partial charge in [0.25, 0.3) is 0 Å². The van der Waals surface area contributed by atoms with Crippen molar-refractivity contribution in [1.82, 2.24) is 14.7 Å². The molecule has 0 bridgehead atoms. The fourth-order valence-corrected chi connectivity index (χ4v) is 2.75. The Morgan fingerprint density at radius 2 is 2.18 bits per heavy atom. The van der Waals surface area contributed by atoms with Crippen LogP contribution < -0.4 is 5.32 Å². The van der Waals surface area contributed by atoms with Crippen molar-refractivity contribution < 1.29 is 4.79 Å². The number of nitriles is 1. The van der Waals surface area contributed by atoms with Gasteiger partial charge in [0.2, 0.25) is 5.91 Å². The zero-order valence-corrected chi connectivity index (χ0v) is 14.0. The van der Waals surface area contributed by atoms with Gasteiger partial charge in [-0.1, -0.05) is 31.7 Å². The summed E-state index contributed by atoms with van der Waals surface area (Å²) in [5.74, 6) is -0.124. The highest BCUT2D eigenvalue weighted by Crippen LogP contribution is 2.24. The molecule has 2 atom stereocenters. The fourth-order valence-electron chi connectivity index (χ4n) is 1.88. The van der Waals surface area contributed by atoms with Gasteiger partial charge in [0, 0.05) is 6.20 Å². The summed E-state index contributed by atoms with van der Waals surface area (Å²) in [5.41, 5.74) is 0.127. The third-order valence-electron chi connectivity index (χ3n) is 3.83. The van der Waals surface area contributed by atoms with E-state index in [1.807, 2.05) is 49.6 Å². The first kappa shape index (κ1) is 16.4. The van der Waals surface area contributed by atoms with E-state index in [4.69, 9.17) is 0 Å². The summed E-state index contributed by atoms with van der Waals surface area (Å²) in [6, 6.07) is 8.03. The summed E-state index contributed by atoms with van der Waals surface area (Å²) >= 11 is 1.38. The first-order chi connectivity index (χ1) is 10.4. The molecule has 0 aromatic carbocycles. The topological polar surface area (TPSA) is 70.2 Å². The highest BCUT2D eigenvalue weighted by atomic mass is 32.2. The first-order valence-electron chi connectivity index (χ1n) is 7.19. The third kappa shape index (κ3) is 3.25. The minimum absolute atomic E-state index is 0.0332. The lowest BCUT2D eigenvalue weighted by Gasteiger charge is -2.28. The second-order valence-electron chi connectivity index (χ2n) is 5.75. The number of hydrogen-bond donors (Lipinski definition) is 1. The molecule has 2 rings (SSSR count). The van der Waals surface area contributed by atoms with Gasteiger partial charge in [0.1, 0.15) is 5.54 Å². The van der Waals surface area contributed by atoms with Gasteiger partial charge >= 0.3 is 0 Å². The molecule has 2 aromatic heterocycles. The van der Waals surface area contributed by atoms with E-state index in [1.54, 1.807) is 13.1 Å². The van der Waals surface area contributed by atoms with Crippen molar-refractivity contribution in [3.8, 4) is 6.07 Å². The summed E-state index contributed by atoms with van der Waals surface area (Å²) in [6.07, 6.45) is 3.70. The average molecular weight is 316 g/mol. The van der Waals surface area contributed by atoms with E-state index in [0.717, 1.165) is 10.7 Å². The van der Waals surface area contributed by atoms with Gasteiger partial charge in [-0.15, -0.1) is 0 Å². The molecule has 1 N–H and O–H groups in total. The Bertz CT molecular complexity index is 718. The minimum atomic E-state index is -0.861. The number of nitrogens with zero attached hydrogens (tertiary/aromatic N) is 3. The maximum absolute atomic E-state index is 12.4. The van der Waals surface area contributed by atoms with Crippen LogP contribution >= 0.6 is 11.8 Å². The Hall–Kier alpha value is -2.00. The van der Waals surface area contributed by atoms with Crippen LogP contribution in [0.3, 0.4) is 0 Å². The number of imidazole rings is 1. The molecule has 0 aliphatic rings. The molecule has 0 fully saturated rings. The molecule has 0 unspecified atom stereocenters. The Morgan fingerprint density at radius 1 is 1.45 bits per heavy atom. The smallest absolute Gasteiger partial charge is 0.234 e. The number of thioether (sulfide) groups is 1. The average Bonchev–Trinajstić information content (AvgIpc) is 2.90. The van der Waals surface area contributed by atoms with Crippen LogP contribution in [0.4, 0.5) is 0 Å². The molecule has 6 heteroatoms. The Balaban J connectivity index is 2.11. The van der Waals surface area contributed by atoms with Crippen LogP contribution in [0.5, 0.6) is 0 Å². The lowest BCUT2D eigenvalue weighted by atomic mass is 9.90. The fraction of sp³-hybridized carbons (Fsp3) is 0.438. The van der Waals surface area contributed by atoms with Crippen molar-refractivity contribution >= 4 is 23.2 Å². The van der Waals surface area contributed by atoms with Gasteiger partial charge in [-0.05, 0) is 31.9 Å². The molecule has 1 amide bonds. The standard InChI is InChI=1S/C16H20N4OS/c1-11(2)16(4,10-17)19-14(21)12(3)22-15-18-9-13-7-5-6-8-20(13)15/h5-9,11-12H,1-4H3,(H,19,21)/t12-,16+/m1/s1. The van der Waals surface area contributed by atoms with Crippen molar-refractivity contribution in [2.45, 2.75) is 43.6 Å². The van der Waals surface area contributed by atoms with E-state index in [2.05, 4.69) is 16.4 Å². The zero-order chi connectivity index (χ0) is 16.3. The monoisotopic (exact) mass is 316 g/mol. The molecular weight excluding hydrogens is 296 g/mol. The van der Waals surface area contributed by atoms with Crippen molar-refractivity contribution in [3.05, 3.63) is 30.6 Å². The first-order valence-corrected chi connectivity index (χ1v) is 8.07. The van der Waals surface area contributed by atoms with Crippen LogP contribution in [0.15, 0.2) is 35.7 Å². The maximum atomic E-state index is 12.4. The molecule has 0 saturated heterocycles. The molecule has 22 heavy (non-hydrogen) atoms. The number of carbonyl (C=O) groups excluding carboxylic acids is 1. The molecule has 0 aliphatic carbocycles. The van der Waals surface area contributed by atoms with Gasteiger partial charge < -0.3 is 5.32 Å². The SMILES string of the molecule is CC(C)[C@](C)(C#N)NC(=O)[C@@H](C)Sc1ncc2ccccn12. The van der Waals surface area contributed by atoms with Gasteiger partial charge in [0.05, 0.1) is 23.0 Å². The van der Waals surface area contributed by atoms with Crippen molar-refractivity contribution in [2.24, 2.45) is 5.92 Å². The largest absolute Gasteiger partial charge is 0.337 e. The van der Waals surface area contributed by atoms with Crippen LogP contribution in [0.1, 0.15) is 27.7 Å². The van der Waals surface area contributed by atoms with Crippen LogP contribution in [0.2, 0.25) is 0 Å². The second-order valence-corrected chi connectivity index (χ2v) is 7.06. The molecule has 0 radical (unpaired) electrons. The number of fused-ring (bicyclic) bond motifs is 1. The second kappa shape index (κ2) is 6.41. The summed E-state index contributed by atoms with van der Waals surface area (Å²) < 4.78 is 1.94.